The highest BCUT2D eigenvalue weighted by molar-refractivity contribution is 5.89. The van der Waals surface area contributed by atoms with Gasteiger partial charge >= 0.3 is 0 Å². The van der Waals surface area contributed by atoms with Gasteiger partial charge in [0.1, 0.15) is 6.04 Å². The van der Waals surface area contributed by atoms with Crippen LogP contribution in [-0.2, 0) is 16.1 Å². The molecule has 4 aliphatic rings. The minimum atomic E-state index is -0.317. The van der Waals surface area contributed by atoms with Crippen LogP contribution in [0.3, 0.4) is 0 Å². The summed E-state index contributed by atoms with van der Waals surface area (Å²) in [6.07, 6.45) is 12.5. The topological polar surface area (TPSA) is 70.5 Å². The molecule has 7 heteroatoms. The second-order valence-electron chi connectivity index (χ2n) is 10.2. The van der Waals surface area contributed by atoms with Crippen LogP contribution in [0.4, 0.5) is 0 Å². The lowest BCUT2D eigenvalue weighted by atomic mass is 9.71. The van der Waals surface area contributed by atoms with Crippen molar-refractivity contribution in [3.8, 4) is 0 Å². The average Bonchev–Trinajstić information content (AvgIpc) is 3.22. The molecule has 3 aliphatic heterocycles. The molecule has 1 N–H and O–H groups in total. The SMILES string of the molecule is Cc1ccnn1CCN1C[C@H]2C[C@@H](C1)[C@H](C(=O)NCC1=CCCCC1)N1C(=O)CCC[C@@H]21. The van der Waals surface area contributed by atoms with E-state index in [1.165, 1.54) is 24.1 Å². The largest absolute Gasteiger partial charge is 0.351 e. The highest BCUT2D eigenvalue weighted by atomic mass is 16.2. The summed E-state index contributed by atoms with van der Waals surface area (Å²) < 4.78 is 2.06. The van der Waals surface area contributed by atoms with Crippen LogP contribution >= 0.6 is 0 Å². The molecule has 2 amide bonds. The number of fused-ring (bicyclic) bond motifs is 4. The van der Waals surface area contributed by atoms with Gasteiger partial charge in [-0.25, -0.2) is 0 Å². The number of aromatic nitrogens is 2. The van der Waals surface area contributed by atoms with E-state index in [1.807, 2.05) is 17.2 Å². The molecule has 1 aromatic heterocycles. The molecule has 0 unspecified atom stereocenters. The minimum Gasteiger partial charge on any atom is -0.351 e. The molecule has 4 heterocycles. The van der Waals surface area contributed by atoms with E-state index >= 15 is 0 Å². The first-order chi connectivity index (χ1) is 15.6. The summed E-state index contributed by atoms with van der Waals surface area (Å²) in [5.41, 5.74) is 2.53. The number of hydrogen-bond acceptors (Lipinski definition) is 4. The van der Waals surface area contributed by atoms with E-state index < -0.39 is 0 Å². The number of aryl methyl sites for hydroxylation is 1. The van der Waals surface area contributed by atoms with Crippen LogP contribution in [-0.4, -0.2) is 69.7 Å². The number of hydrogen-bond donors (Lipinski definition) is 1. The minimum absolute atomic E-state index is 0.0601. The number of carbonyl (C=O) groups is 2. The summed E-state index contributed by atoms with van der Waals surface area (Å²) in [6, 6.07) is 1.94. The van der Waals surface area contributed by atoms with Crippen molar-refractivity contribution in [1.29, 1.82) is 0 Å². The van der Waals surface area contributed by atoms with Gasteiger partial charge in [0, 0.05) is 56.5 Å². The van der Waals surface area contributed by atoms with Crippen LogP contribution in [0, 0.1) is 18.8 Å². The number of allylic oxidation sites excluding steroid dienone is 1. The van der Waals surface area contributed by atoms with Gasteiger partial charge in [-0.05, 0) is 63.9 Å². The van der Waals surface area contributed by atoms with Crippen molar-refractivity contribution in [1.82, 2.24) is 24.9 Å². The molecule has 32 heavy (non-hydrogen) atoms. The summed E-state index contributed by atoms with van der Waals surface area (Å²) in [4.78, 5) is 31.0. The van der Waals surface area contributed by atoms with Crippen LogP contribution in [0.15, 0.2) is 23.9 Å². The number of piperidine rings is 3. The number of rotatable bonds is 6. The van der Waals surface area contributed by atoms with Gasteiger partial charge in [0.2, 0.25) is 11.8 Å². The van der Waals surface area contributed by atoms with E-state index in [0.717, 1.165) is 58.3 Å². The first-order valence-electron chi connectivity index (χ1n) is 12.6. The molecular weight excluding hydrogens is 402 g/mol. The second kappa shape index (κ2) is 9.38. The third-order valence-corrected chi connectivity index (χ3v) is 8.12. The Bertz CT molecular complexity index is 877. The molecule has 5 rings (SSSR count). The molecule has 0 aromatic carbocycles. The van der Waals surface area contributed by atoms with Gasteiger partial charge in [-0.15, -0.1) is 0 Å². The maximum absolute atomic E-state index is 13.5. The lowest BCUT2D eigenvalue weighted by molar-refractivity contribution is -0.160. The van der Waals surface area contributed by atoms with E-state index in [4.69, 9.17) is 0 Å². The van der Waals surface area contributed by atoms with Crippen molar-refractivity contribution in [2.75, 3.05) is 26.2 Å². The lowest BCUT2D eigenvalue weighted by Gasteiger charge is -2.56. The van der Waals surface area contributed by atoms with Crippen LogP contribution in [0.2, 0.25) is 0 Å². The number of nitrogens with one attached hydrogen (secondary N) is 1. The Balaban J connectivity index is 1.30. The molecule has 3 fully saturated rings. The standard InChI is InChI=1S/C25H37N5O2/c1-18-10-11-27-29(18)13-12-28-16-20-14-21(17-28)24(30-22(20)8-5-9-23(30)31)25(32)26-15-19-6-3-2-4-7-19/h6,10-11,20-22,24H,2-5,7-9,12-17H2,1H3,(H,26,32)/t20-,21+,22+,24-/m1/s1. The van der Waals surface area contributed by atoms with Crippen molar-refractivity contribution in [3.05, 3.63) is 29.6 Å². The summed E-state index contributed by atoms with van der Waals surface area (Å²) in [5, 5.41) is 7.65. The average molecular weight is 440 g/mol. The van der Waals surface area contributed by atoms with Crippen LogP contribution in [0.25, 0.3) is 0 Å². The van der Waals surface area contributed by atoms with Gasteiger partial charge in [-0.2, -0.15) is 5.10 Å². The summed E-state index contributed by atoms with van der Waals surface area (Å²) in [5.74, 6) is 0.937. The Hall–Kier alpha value is -2.15. The summed E-state index contributed by atoms with van der Waals surface area (Å²) >= 11 is 0. The Morgan fingerprint density at radius 1 is 1.16 bits per heavy atom. The van der Waals surface area contributed by atoms with E-state index in [-0.39, 0.29) is 29.8 Å². The highest BCUT2D eigenvalue weighted by Crippen LogP contribution is 2.41. The van der Waals surface area contributed by atoms with E-state index in [2.05, 4.69) is 33.0 Å². The Morgan fingerprint density at radius 3 is 2.81 bits per heavy atom. The number of amides is 2. The molecule has 3 saturated heterocycles. The fraction of sp³-hybridized carbons (Fsp3) is 0.720. The third-order valence-electron chi connectivity index (χ3n) is 8.12. The first kappa shape index (κ1) is 21.7. The maximum Gasteiger partial charge on any atom is 0.243 e. The van der Waals surface area contributed by atoms with E-state index in [9.17, 15) is 9.59 Å². The van der Waals surface area contributed by atoms with Crippen molar-refractivity contribution < 1.29 is 9.59 Å². The smallest absolute Gasteiger partial charge is 0.243 e. The maximum atomic E-state index is 13.5. The first-order valence-corrected chi connectivity index (χ1v) is 12.6. The molecular formula is C25H37N5O2. The van der Waals surface area contributed by atoms with Gasteiger partial charge in [0.25, 0.3) is 0 Å². The van der Waals surface area contributed by atoms with Crippen molar-refractivity contribution in [2.45, 2.75) is 76.9 Å². The van der Waals surface area contributed by atoms with Crippen LogP contribution in [0.5, 0.6) is 0 Å². The van der Waals surface area contributed by atoms with Crippen LogP contribution in [0.1, 0.15) is 57.1 Å². The Morgan fingerprint density at radius 2 is 2.03 bits per heavy atom. The van der Waals surface area contributed by atoms with Gasteiger partial charge in [-0.3, -0.25) is 14.3 Å². The Labute approximate surface area is 191 Å². The molecule has 0 saturated carbocycles. The lowest BCUT2D eigenvalue weighted by Crippen LogP contribution is -2.68. The Kier molecular flexibility index (Phi) is 6.35. The fourth-order valence-corrected chi connectivity index (χ4v) is 6.51. The van der Waals surface area contributed by atoms with Crippen molar-refractivity contribution in [2.24, 2.45) is 11.8 Å². The third kappa shape index (κ3) is 4.36. The molecule has 4 atom stereocenters. The number of carbonyl (C=O) groups excluding carboxylic acids is 2. The number of likely N-dealkylation sites (tertiary alicyclic amines) is 1. The van der Waals surface area contributed by atoms with Crippen molar-refractivity contribution >= 4 is 11.8 Å². The normalized spacial score (nSPS) is 30.6. The molecule has 0 spiro atoms. The van der Waals surface area contributed by atoms with Gasteiger partial charge in [-0.1, -0.05) is 11.6 Å². The molecule has 174 valence electrons. The monoisotopic (exact) mass is 439 g/mol. The fourth-order valence-electron chi connectivity index (χ4n) is 6.51. The zero-order valence-corrected chi connectivity index (χ0v) is 19.3. The molecule has 1 aliphatic carbocycles. The predicted octanol–water partition coefficient (Wildman–Crippen LogP) is 2.51. The van der Waals surface area contributed by atoms with Crippen molar-refractivity contribution in [3.63, 3.8) is 0 Å². The summed E-state index contributed by atoms with van der Waals surface area (Å²) in [7, 11) is 0. The van der Waals surface area contributed by atoms with E-state index in [1.54, 1.807) is 0 Å². The van der Waals surface area contributed by atoms with Gasteiger partial charge in [0.15, 0.2) is 0 Å². The zero-order valence-electron chi connectivity index (χ0n) is 19.3. The summed E-state index contributed by atoms with van der Waals surface area (Å²) in [6.45, 7) is 6.45. The predicted molar refractivity (Wildman–Crippen MR) is 123 cm³/mol. The molecule has 7 nitrogen and oxygen atoms in total. The van der Waals surface area contributed by atoms with Gasteiger partial charge < -0.3 is 15.1 Å². The number of nitrogens with zero attached hydrogens (tertiary/aromatic N) is 4. The second-order valence-corrected chi connectivity index (χ2v) is 10.2. The molecule has 1 aromatic rings. The van der Waals surface area contributed by atoms with Crippen LogP contribution < -0.4 is 5.32 Å². The zero-order chi connectivity index (χ0) is 22.1. The van der Waals surface area contributed by atoms with E-state index in [0.29, 0.717) is 18.9 Å². The van der Waals surface area contributed by atoms with Gasteiger partial charge in [0.05, 0.1) is 6.54 Å². The quantitative estimate of drug-likeness (QED) is 0.692. The molecule has 0 radical (unpaired) electrons. The highest BCUT2D eigenvalue weighted by Gasteiger charge is 2.51. The molecule has 2 bridgehead atoms.